The zero-order chi connectivity index (χ0) is 21.0. The molecule has 8 nitrogen and oxygen atoms in total. The highest BCUT2D eigenvalue weighted by molar-refractivity contribution is 7.92. The molecule has 0 unspecified atom stereocenters. The average Bonchev–Trinajstić information content (AvgIpc) is 2.72. The van der Waals surface area contributed by atoms with Crippen molar-refractivity contribution < 1.29 is 18.1 Å². The van der Waals surface area contributed by atoms with Gasteiger partial charge < -0.3 is 4.90 Å². The number of rotatable bonds is 6. The van der Waals surface area contributed by atoms with Crippen LogP contribution in [0.5, 0.6) is 0 Å². The van der Waals surface area contributed by atoms with Gasteiger partial charge in [0.1, 0.15) is 6.54 Å². The number of nitro benzene ring substituents is 1. The van der Waals surface area contributed by atoms with E-state index in [1.807, 2.05) is 0 Å². The number of anilines is 1. The van der Waals surface area contributed by atoms with E-state index in [4.69, 9.17) is 0 Å². The van der Waals surface area contributed by atoms with Gasteiger partial charge in [-0.2, -0.15) is 0 Å². The lowest BCUT2D eigenvalue weighted by molar-refractivity contribution is -0.384. The van der Waals surface area contributed by atoms with Crippen LogP contribution < -0.4 is 4.31 Å². The number of sulfonamides is 1. The highest BCUT2D eigenvalue weighted by atomic mass is 32.2. The van der Waals surface area contributed by atoms with E-state index in [0.29, 0.717) is 19.0 Å². The van der Waals surface area contributed by atoms with E-state index in [0.717, 1.165) is 17.1 Å². The Morgan fingerprint density at radius 3 is 2.59 bits per heavy atom. The molecule has 0 saturated carbocycles. The minimum atomic E-state index is -4.08. The maximum atomic E-state index is 13.3. The first-order valence-corrected chi connectivity index (χ1v) is 10.8. The van der Waals surface area contributed by atoms with E-state index in [9.17, 15) is 23.3 Å². The van der Waals surface area contributed by atoms with Crippen molar-refractivity contribution in [1.82, 2.24) is 4.90 Å². The summed E-state index contributed by atoms with van der Waals surface area (Å²) in [6.07, 6.45) is 1.90. The molecule has 1 atom stereocenters. The number of piperidine rings is 1. The first-order valence-electron chi connectivity index (χ1n) is 9.39. The predicted octanol–water partition coefficient (Wildman–Crippen LogP) is 3.05. The summed E-state index contributed by atoms with van der Waals surface area (Å²) in [6.45, 7) is 2.80. The minimum Gasteiger partial charge on any atom is -0.341 e. The maximum Gasteiger partial charge on any atom is 0.271 e. The van der Waals surface area contributed by atoms with Crippen LogP contribution in [0.15, 0.2) is 59.5 Å². The summed E-state index contributed by atoms with van der Waals surface area (Å²) in [6, 6.07) is 13.1. The summed E-state index contributed by atoms with van der Waals surface area (Å²) in [5.74, 6) is 0.0345. The number of hydrogen-bond donors (Lipinski definition) is 0. The van der Waals surface area contributed by atoms with Crippen LogP contribution in [0.3, 0.4) is 0 Å². The van der Waals surface area contributed by atoms with Crippen LogP contribution >= 0.6 is 0 Å². The molecule has 29 heavy (non-hydrogen) atoms. The zero-order valence-corrected chi connectivity index (χ0v) is 16.9. The van der Waals surface area contributed by atoms with E-state index >= 15 is 0 Å². The molecule has 3 rings (SSSR count). The maximum absolute atomic E-state index is 13.3. The molecular weight excluding hydrogens is 394 g/mol. The molecule has 1 saturated heterocycles. The summed E-state index contributed by atoms with van der Waals surface area (Å²) in [4.78, 5) is 25.2. The Bertz CT molecular complexity index is 994. The van der Waals surface area contributed by atoms with E-state index < -0.39 is 21.5 Å². The number of carbonyl (C=O) groups excluding carboxylic acids is 1. The second kappa shape index (κ2) is 8.60. The van der Waals surface area contributed by atoms with Crippen molar-refractivity contribution in [1.29, 1.82) is 0 Å². The van der Waals surface area contributed by atoms with E-state index in [-0.39, 0.29) is 22.2 Å². The lowest BCUT2D eigenvalue weighted by Crippen LogP contribution is -2.46. The van der Waals surface area contributed by atoms with Gasteiger partial charge in [-0.25, -0.2) is 8.42 Å². The monoisotopic (exact) mass is 417 g/mol. The van der Waals surface area contributed by atoms with Crippen LogP contribution in [0.25, 0.3) is 0 Å². The Labute approximate surface area is 169 Å². The molecule has 1 fully saturated rings. The van der Waals surface area contributed by atoms with Crippen molar-refractivity contribution in [3.63, 3.8) is 0 Å². The second-order valence-electron chi connectivity index (χ2n) is 7.19. The SMILES string of the molecule is C[C@H]1CCCN(C(=O)CN(c2cccc([N+](=O)[O-])c2)S(=O)(=O)c2ccccc2)C1. The van der Waals surface area contributed by atoms with Gasteiger partial charge in [-0.1, -0.05) is 31.2 Å². The fourth-order valence-electron chi connectivity index (χ4n) is 3.44. The van der Waals surface area contributed by atoms with Gasteiger partial charge in [0, 0.05) is 25.2 Å². The first kappa shape index (κ1) is 20.8. The van der Waals surface area contributed by atoms with E-state index in [1.54, 1.807) is 23.1 Å². The summed E-state index contributed by atoms with van der Waals surface area (Å²) in [7, 11) is -4.08. The third-order valence-corrected chi connectivity index (χ3v) is 6.74. The normalized spacial score (nSPS) is 17.0. The van der Waals surface area contributed by atoms with Crippen molar-refractivity contribution in [2.45, 2.75) is 24.7 Å². The molecular formula is C20H23N3O5S. The summed E-state index contributed by atoms with van der Waals surface area (Å²) < 4.78 is 27.5. The van der Waals surface area contributed by atoms with Crippen LogP contribution in [0.4, 0.5) is 11.4 Å². The lowest BCUT2D eigenvalue weighted by atomic mass is 10.0. The average molecular weight is 417 g/mol. The molecule has 1 amide bonds. The molecule has 0 aliphatic carbocycles. The molecule has 2 aromatic rings. The van der Waals surface area contributed by atoms with Crippen LogP contribution in [0, 0.1) is 16.0 Å². The molecule has 1 aliphatic heterocycles. The van der Waals surface area contributed by atoms with Gasteiger partial charge >= 0.3 is 0 Å². The highest BCUT2D eigenvalue weighted by Gasteiger charge is 2.31. The molecule has 9 heteroatoms. The number of likely N-dealkylation sites (tertiary alicyclic amines) is 1. The molecule has 0 N–H and O–H groups in total. The van der Waals surface area contributed by atoms with Gasteiger partial charge in [0.25, 0.3) is 15.7 Å². The Morgan fingerprint density at radius 1 is 1.21 bits per heavy atom. The second-order valence-corrected chi connectivity index (χ2v) is 9.05. The van der Waals surface area contributed by atoms with Crippen molar-refractivity contribution in [2.75, 3.05) is 23.9 Å². The molecule has 0 aromatic heterocycles. The van der Waals surface area contributed by atoms with Crippen molar-refractivity contribution in [3.8, 4) is 0 Å². The van der Waals surface area contributed by atoms with Crippen molar-refractivity contribution >= 4 is 27.3 Å². The third kappa shape index (κ3) is 4.73. The minimum absolute atomic E-state index is 0.0197. The predicted molar refractivity (Wildman–Crippen MR) is 109 cm³/mol. The number of nitro groups is 1. The number of carbonyl (C=O) groups is 1. The molecule has 1 aliphatic rings. The van der Waals surface area contributed by atoms with Gasteiger partial charge in [-0.05, 0) is 37.0 Å². The number of amides is 1. The number of nitrogens with zero attached hydrogens (tertiary/aromatic N) is 3. The Hall–Kier alpha value is -2.94. The van der Waals surface area contributed by atoms with E-state index in [2.05, 4.69) is 6.92 Å². The number of hydrogen-bond acceptors (Lipinski definition) is 5. The summed E-state index contributed by atoms with van der Waals surface area (Å²) in [5, 5.41) is 11.2. The van der Waals surface area contributed by atoms with Crippen LogP contribution in [-0.4, -0.2) is 43.8 Å². The molecule has 1 heterocycles. The summed E-state index contributed by atoms with van der Waals surface area (Å²) in [5.41, 5.74) is -0.156. The fraction of sp³-hybridized carbons (Fsp3) is 0.350. The molecule has 2 aromatic carbocycles. The van der Waals surface area contributed by atoms with Gasteiger partial charge in [0.05, 0.1) is 15.5 Å². The molecule has 0 bridgehead atoms. The Morgan fingerprint density at radius 2 is 1.93 bits per heavy atom. The van der Waals surface area contributed by atoms with Crippen molar-refractivity contribution in [2.24, 2.45) is 5.92 Å². The summed E-state index contributed by atoms with van der Waals surface area (Å²) >= 11 is 0. The van der Waals surface area contributed by atoms with Gasteiger partial charge in [-0.3, -0.25) is 19.2 Å². The lowest BCUT2D eigenvalue weighted by Gasteiger charge is -2.33. The molecule has 0 radical (unpaired) electrons. The van der Waals surface area contributed by atoms with Crippen LogP contribution in [0.2, 0.25) is 0 Å². The van der Waals surface area contributed by atoms with Gasteiger partial charge in [0.2, 0.25) is 5.91 Å². The Balaban J connectivity index is 1.99. The topological polar surface area (TPSA) is 101 Å². The standard InChI is InChI=1S/C20H23N3O5S/c1-16-7-6-12-21(14-16)20(24)15-22(17-8-5-9-18(13-17)23(25)26)29(27,28)19-10-3-2-4-11-19/h2-5,8-11,13,16H,6-7,12,14-15H2,1H3/t16-/m0/s1. The zero-order valence-electron chi connectivity index (χ0n) is 16.1. The quantitative estimate of drug-likeness (QED) is 0.531. The largest absolute Gasteiger partial charge is 0.341 e. The number of benzene rings is 2. The fourth-order valence-corrected chi connectivity index (χ4v) is 4.86. The van der Waals surface area contributed by atoms with Crippen LogP contribution in [-0.2, 0) is 14.8 Å². The third-order valence-electron chi connectivity index (χ3n) is 4.95. The molecule has 0 spiro atoms. The van der Waals surface area contributed by atoms with Crippen LogP contribution in [0.1, 0.15) is 19.8 Å². The Kier molecular flexibility index (Phi) is 6.17. The smallest absolute Gasteiger partial charge is 0.271 e. The van der Waals surface area contributed by atoms with Gasteiger partial charge in [-0.15, -0.1) is 0 Å². The number of non-ortho nitro benzene ring substituents is 1. The highest BCUT2D eigenvalue weighted by Crippen LogP contribution is 2.27. The molecule has 154 valence electrons. The van der Waals surface area contributed by atoms with Crippen molar-refractivity contribution in [3.05, 3.63) is 64.7 Å². The van der Waals surface area contributed by atoms with E-state index in [1.165, 1.54) is 36.4 Å². The first-order chi connectivity index (χ1) is 13.8. The van der Waals surface area contributed by atoms with Gasteiger partial charge in [0.15, 0.2) is 0 Å².